The van der Waals surface area contributed by atoms with E-state index in [1.54, 1.807) is 24.3 Å². The van der Waals surface area contributed by atoms with Crippen molar-refractivity contribution in [1.29, 1.82) is 0 Å². The van der Waals surface area contributed by atoms with Gasteiger partial charge in [0.15, 0.2) is 0 Å². The molecule has 150 valence electrons. The van der Waals surface area contributed by atoms with Crippen LogP contribution in [0.1, 0.15) is 27.2 Å². The van der Waals surface area contributed by atoms with E-state index in [9.17, 15) is 14.4 Å². The molecular formula is C22H23N3O4. The number of H-pyrrole nitrogens is 1. The molecule has 0 atom stereocenters. The molecule has 0 aliphatic heterocycles. The molecule has 1 heterocycles. The largest absolute Gasteiger partial charge is 0.468 e. The van der Waals surface area contributed by atoms with Gasteiger partial charge in [0.1, 0.15) is 12.2 Å². The van der Waals surface area contributed by atoms with Crippen LogP contribution in [-0.2, 0) is 20.7 Å². The van der Waals surface area contributed by atoms with E-state index in [1.165, 1.54) is 7.11 Å². The Morgan fingerprint density at radius 2 is 1.76 bits per heavy atom. The van der Waals surface area contributed by atoms with Gasteiger partial charge >= 0.3 is 5.97 Å². The maximum atomic E-state index is 12.6. The smallest absolute Gasteiger partial charge is 0.325 e. The highest BCUT2D eigenvalue weighted by atomic mass is 16.5. The number of nitrogens with one attached hydrogen (secondary N) is 3. The van der Waals surface area contributed by atoms with Crippen LogP contribution in [0.2, 0.25) is 0 Å². The summed E-state index contributed by atoms with van der Waals surface area (Å²) in [6.07, 6.45) is 0.131. The fourth-order valence-electron chi connectivity index (χ4n) is 3.12. The monoisotopic (exact) mass is 393 g/mol. The highest BCUT2D eigenvalue weighted by Gasteiger charge is 2.12. The van der Waals surface area contributed by atoms with Crippen molar-refractivity contribution in [3.63, 3.8) is 0 Å². The molecule has 3 N–H and O–H groups in total. The number of hydrogen-bond donors (Lipinski definition) is 3. The molecule has 1 aromatic heterocycles. The van der Waals surface area contributed by atoms with Crippen LogP contribution < -0.4 is 10.6 Å². The van der Waals surface area contributed by atoms with E-state index < -0.39 is 5.97 Å². The molecule has 0 unspecified atom stereocenters. The first-order chi connectivity index (χ1) is 13.9. The Bertz CT molecular complexity index is 1070. The summed E-state index contributed by atoms with van der Waals surface area (Å²) in [5.74, 6) is -1.02. The highest BCUT2D eigenvalue weighted by molar-refractivity contribution is 6.06. The fourth-order valence-corrected chi connectivity index (χ4v) is 3.12. The molecule has 2 amide bonds. The Morgan fingerprint density at radius 3 is 2.45 bits per heavy atom. The first-order valence-corrected chi connectivity index (χ1v) is 9.19. The van der Waals surface area contributed by atoms with Crippen LogP contribution in [0.4, 0.5) is 5.69 Å². The average molecular weight is 393 g/mol. The number of amides is 2. The van der Waals surface area contributed by atoms with Crippen LogP contribution in [0, 0.1) is 13.8 Å². The number of methoxy groups -OCH3 is 1. The topological polar surface area (TPSA) is 100 Å². The lowest BCUT2D eigenvalue weighted by atomic mass is 10.1. The van der Waals surface area contributed by atoms with Crippen LogP contribution >= 0.6 is 0 Å². The third-order valence-corrected chi connectivity index (χ3v) is 4.57. The quantitative estimate of drug-likeness (QED) is 0.561. The van der Waals surface area contributed by atoms with Crippen molar-refractivity contribution in [3.05, 3.63) is 64.8 Å². The van der Waals surface area contributed by atoms with E-state index >= 15 is 0 Å². The predicted octanol–water partition coefficient (Wildman–Crippen LogP) is 2.87. The molecule has 0 aliphatic rings. The van der Waals surface area contributed by atoms with E-state index in [4.69, 9.17) is 0 Å². The van der Waals surface area contributed by atoms with Crippen LogP contribution in [0.25, 0.3) is 10.9 Å². The lowest BCUT2D eigenvalue weighted by molar-refractivity contribution is -0.141. The zero-order chi connectivity index (χ0) is 21.0. The molecule has 0 saturated carbocycles. The minimum atomic E-state index is -0.501. The number of carbonyl (C=O) groups is 3. The number of aromatic nitrogens is 1. The van der Waals surface area contributed by atoms with Crippen molar-refractivity contribution in [3.8, 4) is 0 Å². The van der Waals surface area contributed by atoms with Gasteiger partial charge in [0.05, 0.1) is 13.5 Å². The van der Waals surface area contributed by atoms with E-state index in [2.05, 4.69) is 26.4 Å². The van der Waals surface area contributed by atoms with Crippen molar-refractivity contribution in [1.82, 2.24) is 10.3 Å². The normalized spacial score (nSPS) is 10.6. The van der Waals surface area contributed by atoms with Gasteiger partial charge in [-0.1, -0.05) is 18.2 Å². The molecule has 0 spiro atoms. The van der Waals surface area contributed by atoms with Gasteiger partial charge in [0, 0.05) is 16.6 Å². The Morgan fingerprint density at radius 1 is 1.03 bits per heavy atom. The highest BCUT2D eigenvalue weighted by Crippen LogP contribution is 2.22. The lowest BCUT2D eigenvalue weighted by Gasteiger charge is -2.06. The first-order valence-electron chi connectivity index (χ1n) is 9.19. The number of aryl methyl sites for hydroxylation is 2. The van der Waals surface area contributed by atoms with Gasteiger partial charge < -0.3 is 20.4 Å². The number of esters is 1. The molecule has 29 heavy (non-hydrogen) atoms. The number of benzene rings is 2. The lowest BCUT2D eigenvalue weighted by Crippen LogP contribution is -2.31. The summed E-state index contributed by atoms with van der Waals surface area (Å²) in [4.78, 5) is 38.6. The molecule has 2 aromatic carbocycles. The maximum Gasteiger partial charge on any atom is 0.325 e. The molecular weight excluding hydrogens is 370 g/mol. The van der Waals surface area contributed by atoms with Gasteiger partial charge in [0.25, 0.3) is 5.91 Å². The third kappa shape index (κ3) is 5.01. The number of fused-ring (bicyclic) bond motifs is 1. The van der Waals surface area contributed by atoms with Crippen LogP contribution in [0.3, 0.4) is 0 Å². The van der Waals surface area contributed by atoms with Crippen molar-refractivity contribution >= 4 is 34.4 Å². The van der Waals surface area contributed by atoms with Crippen molar-refractivity contribution in [2.24, 2.45) is 0 Å². The van der Waals surface area contributed by atoms with E-state index in [-0.39, 0.29) is 24.8 Å². The van der Waals surface area contributed by atoms with Gasteiger partial charge in [-0.25, -0.2) is 0 Å². The van der Waals surface area contributed by atoms with Gasteiger partial charge in [-0.3, -0.25) is 14.4 Å². The predicted molar refractivity (Wildman–Crippen MR) is 111 cm³/mol. The molecule has 0 aliphatic carbocycles. The Kier molecular flexibility index (Phi) is 5.97. The second kappa shape index (κ2) is 8.60. The number of hydrogen-bond acceptors (Lipinski definition) is 4. The summed E-state index contributed by atoms with van der Waals surface area (Å²) < 4.78 is 4.48. The van der Waals surface area contributed by atoms with Gasteiger partial charge in [0.2, 0.25) is 5.91 Å². The summed E-state index contributed by atoms with van der Waals surface area (Å²) >= 11 is 0. The number of rotatable bonds is 6. The van der Waals surface area contributed by atoms with Gasteiger partial charge in [-0.2, -0.15) is 0 Å². The molecule has 0 saturated heterocycles. The summed E-state index contributed by atoms with van der Waals surface area (Å²) in [6, 6.07) is 12.9. The van der Waals surface area contributed by atoms with Crippen molar-refractivity contribution in [2.45, 2.75) is 20.3 Å². The zero-order valence-electron chi connectivity index (χ0n) is 16.6. The van der Waals surface area contributed by atoms with Gasteiger partial charge in [-0.05, 0) is 54.8 Å². The number of aromatic amines is 1. The second-order valence-corrected chi connectivity index (χ2v) is 6.91. The van der Waals surface area contributed by atoms with Crippen LogP contribution in [0.5, 0.6) is 0 Å². The molecule has 7 heteroatoms. The van der Waals surface area contributed by atoms with Gasteiger partial charge in [-0.15, -0.1) is 0 Å². The summed E-state index contributed by atoms with van der Waals surface area (Å²) in [5, 5.41) is 6.36. The first kappa shape index (κ1) is 20.1. The van der Waals surface area contributed by atoms with Crippen LogP contribution in [-0.4, -0.2) is 36.4 Å². The summed E-state index contributed by atoms with van der Waals surface area (Å²) in [6.45, 7) is 3.88. The number of ether oxygens (including phenoxy) is 1. The number of anilines is 1. The molecule has 3 rings (SSSR count). The molecule has 0 radical (unpaired) electrons. The zero-order valence-corrected chi connectivity index (χ0v) is 16.6. The average Bonchev–Trinajstić information content (AvgIpc) is 3.12. The Balaban J connectivity index is 1.62. The SMILES string of the molecule is COC(=O)CNC(=O)Cc1ccc(NC(=O)c2cc3c(C)cc(C)cc3[nH]2)cc1. The fraction of sp³-hybridized carbons (Fsp3) is 0.227. The van der Waals surface area contributed by atoms with Crippen molar-refractivity contribution < 1.29 is 19.1 Å². The van der Waals surface area contributed by atoms with E-state index in [0.29, 0.717) is 11.4 Å². The molecule has 7 nitrogen and oxygen atoms in total. The third-order valence-electron chi connectivity index (χ3n) is 4.57. The van der Waals surface area contributed by atoms with E-state index in [1.807, 2.05) is 26.0 Å². The molecule has 0 fully saturated rings. The van der Waals surface area contributed by atoms with Crippen LogP contribution in [0.15, 0.2) is 42.5 Å². The molecule has 3 aromatic rings. The van der Waals surface area contributed by atoms with Crippen molar-refractivity contribution in [2.75, 3.05) is 19.0 Å². The number of carbonyl (C=O) groups excluding carboxylic acids is 3. The standard InChI is InChI=1S/C22H23N3O4/c1-13-8-14(2)17-11-19(25-18(17)9-13)22(28)24-16-6-4-15(5-7-16)10-20(26)23-12-21(27)29-3/h4-9,11,25H,10,12H2,1-3H3,(H,23,26)(H,24,28). The van der Waals surface area contributed by atoms with E-state index in [0.717, 1.165) is 27.6 Å². The Labute approximate surface area is 168 Å². The minimum absolute atomic E-state index is 0.131. The molecule has 0 bridgehead atoms. The minimum Gasteiger partial charge on any atom is -0.468 e. The summed E-state index contributed by atoms with van der Waals surface area (Å²) in [7, 11) is 1.26. The Hall–Kier alpha value is -3.61. The maximum absolute atomic E-state index is 12.6. The second-order valence-electron chi connectivity index (χ2n) is 6.91. The summed E-state index contributed by atoms with van der Waals surface area (Å²) in [5.41, 5.74) is 5.06.